The summed E-state index contributed by atoms with van der Waals surface area (Å²) in [5.74, 6) is -1.21. The zero-order valence-corrected chi connectivity index (χ0v) is 16.2. The fourth-order valence-corrected chi connectivity index (χ4v) is 3.13. The second-order valence-corrected chi connectivity index (χ2v) is 7.09. The summed E-state index contributed by atoms with van der Waals surface area (Å²) in [7, 11) is -5.11. The van der Waals surface area contributed by atoms with Gasteiger partial charge in [-0.25, -0.2) is 8.37 Å². The lowest BCUT2D eigenvalue weighted by Crippen LogP contribution is -2.19. The Bertz CT molecular complexity index is 922. The highest BCUT2D eigenvalue weighted by Gasteiger charge is 2.30. The third kappa shape index (κ3) is 4.97. The van der Waals surface area contributed by atoms with Gasteiger partial charge < -0.3 is 30.6 Å². The number of nitrogens with zero attached hydrogens (tertiary/aromatic N) is 2. The molecule has 6 N–H and O–H groups in total. The maximum atomic E-state index is 12.1. The normalized spacial score (nSPS) is 14.0. The molecule has 0 aliphatic rings. The predicted octanol–water partition coefficient (Wildman–Crippen LogP) is -0.551. The van der Waals surface area contributed by atoms with Gasteiger partial charge in [-0.2, -0.15) is 8.42 Å². The van der Waals surface area contributed by atoms with Gasteiger partial charge in [0.25, 0.3) is 0 Å². The Labute approximate surface area is 165 Å². The first-order chi connectivity index (χ1) is 13.5. The molecule has 2 unspecified atom stereocenters. The summed E-state index contributed by atoms with van der Waals surface area (Å²) < 4.78 is 33.1. The molecule has 29 heavy (non-hydrogen) atoms. The maximum absolute atomic E-state index is 12.1. The lowest BCUT2D eigenvalue weighted by molar-refractivity contribution is -0.0655. The average molecular weight is 432 g/mol. The molecule has 0 aliphatic carbocycles. The van der Waals surface area contributed by atoms with Crippen molar-refractivity contribution in [2.45, 2.75) is 39.6 Å². The number of aliphatic hydroxyl groups is 4. The van der Waals surface area contributed by atoms with E-state index in [0.29, 0.717) is 0 Å². The Morgan fingerprint density at radius 1 is 0.862 bits per heavy atom. The molecule has 0 fully saturated rings. The minimum atomic E-state index is -5.11. The summed E-state index contributed by atoms with van der Waals surface area (Å²) in [5, 5.41) is 58.8. The van der Waals surface area contributed by atoms with Gasteiger partial charge in [0.1, 0.15) is 11.5 Å². The standard InChI is InChI=1S/C16H20N2O10S/c1-7-13(21)11(9(5-19)3-17-7)15(23)27-29(25,26)28-16(24)12-10(6-20)4-18-8(2)14(12)22/h3-4,15-16,19-24H,5-6H2,1-2H3. The highest BCUT2D eigenvalue weighted by molar-refractivity contribution is 7.81. The molecular weight excluding hydrogens is 412 g/mol. The summed E-state index contributed by atoms with van der Waals surface area (Å²) in [6.45, 7) is 1.35. The van der Waals surface area contributed by atoms with Crippen molar-refractivity contribution in [1.29, 1.82) is 0 Å². The van der Waals surface area contributed by atoms with Crippen molar-refractivity contribution in [2.75, 3.05) is 0 Å². The van der Waals surface area contributed by atoms with Crippen molar-refractivity contribution < 1.29 is 47.4 Å². The molecule has 0 aliphatic heterocycles. The second kappa shape index (κ2) is 8.96. The average Bonchev–Trinajstić information content (AvgIpc) is 2.64. The molecule has 2 atom stereocenters. The number of aliphatic hydroxyl groups excluding tert-OH is 4. The molecule has 160 valence electrons. The summed E-state index contributed by atoms with van der Waals surface area (Å²) in [6, 6.07) is 0. The summed E-state index contributed by atoms with van der Waals surface area (Å²) >= 11 is 0. The highest BCUT2D eigenvalue weighted by atomic mass is 32.3. The van der Waals surface area contributed by atoms with Gasteiger partial charge in [0.2, 0.25) is 12.6 Å². The summed E-state index contributed by atoms with van der Waals surface area (Å²) in [6.07, 6.45) is -2.41. The van der Waals surface area contributed by atoms with Crippen molar-refractivity contribution in [3.8, 4) is 11.5 Å². The summed E-state index contributed by atoms with van der Waals surface area (Å²) in [5.41, 5.74) is -1.07. The number of aromatic nitrogens is 2. The Morgan fingerprint density at radius 3 is 1.52 bits per heavy atom. The van der Waals surface area contributed by atoms with E-state index in [1.807, 2.05) is 0 Å². The molecule has 13 heteroatoms. The molecule has 0 saturated carbocycles. The van der Waals surface area contributed by atoms with E-state index in [-0.39, 0.29) is 22.5 Å². The first-order valence-electron chi connectivity index (χ1n) is 8.06. The van der Waals surface area contributed by atoms with E-state index >= 15 is 0 Å². The maximum Gasteiger partial charge on any atom is 0.405 e. The van der Waals surface area contributed by atoms with Gasteiger partial charge in [-0.15, -0.1) is 0 Å². The lowest BCUT2D eigenvalue weighted by Gasteiger charge is -2.19. The Morgan fingerprint density at radius 2 is 1.21 bits per heavy atom. The van der Waals surface area contributed by atoms with Gasteiger partial charge in [-0.3, -0.25) is 9.97 Å². The van der Waals surface area contributed by atoms with Crippen molar-refractivity contribution in [1.82, 2.24) is 9.97 Å². The van der Waals surface area contributed by atoms with Gasteiger partial charge in [0, 0.05) is 23.5 Å². The first-order valence-corrected chi connectivity index (χ1v) is 9.39. The topological polar surface area (TPSA) is 200 Å². The van der Waals surface area contributed by atoms with Crippen LogP contribution in [0.2, 0.25) is 0 Å². The van der Waals surface area contributed by atoms with Gasteiger partial charge in [-0.1, -0.05) is 0 Å². The van der Waals surface area contributed by atoms with Crippen LogP contribution in [0.25, 0.3) is 0 Å². The number of aromatic hydroxyl groups is 2. The molecule has 0 amide bonds. The molecule has 0 aromatic carbocycles. The van der Waals surface area contributed by atoms with E-state index in [0.717, 1.165) is 12.4 Å². The SMILES string of the molecule is Cc1ncc(CO)c(C(O)OS(=O)(=O)OC(O)c2c(CO)cnc(C)c2O)c1O. The molecule has 2 aromatic rings. The van der Waals surface area contributed by atoms with E-state index in [2.05, 4.69) is 18.3 Å². The summed E-state index contributed by atoms with van der Waals surface area (Å²) in [4.78, 5) is 7.52. The third-order valence-electron chi connectivity index (χ3n) is 3.97. The third-order valence-corrected chi connectivity index (χ3v) is 4.80. The Kier molecular flexibility index (Phi) is 7.07. The van der Waals surface area contributed by atoms with E-state index in [4.69, 9.17) is 0 Å². The van der Waals surface area contributed by atoms with Gasteiger partial charge in [0.05, 0.1) is 35.7 Å². The number of pyridine rings is 2. The monoisotopic (exact) mass is 432 g/mol. The van der Waals surface area contributed by atoms with Crippen LogP contribution in [0.1, 0.15) is 46.2 Å². The first kappa shape index (κ1) is 22.9. The van der Waals surface area contributed by atoms with E-state index in [9.17, 15) is 39.1 Å². The van der Waals surface area contributed by atoms with Crippen molar-refractivity contribution in [2.24, 2.45) is 0 Å². The fraction of sp³-hybridized carbons (Fsp3) is 0.375. The molecule has 0 bridgehead atoms. The van der Waals surface area contributed by atoms with Crippen molar-refractivity contribution in [3.63, 3.8) is 0 Å². The second-order valence-electron chi connectivity index (χ2n) is 5.88. The number of hydrogen-bond acceptors (Lipinski definition) is 12. The van der Waals surface area contributed by atoms with Crippen LogP contribution in [-0.2, 0) is 32.0 Å². The van der Waals surface area contributed by atoms with Crippen LogP contribution in [0.15, 0.2) is 12.4 Å². The molecule has 0 spiro atoms. The van der Waals surface area contributed by atoms with Crippen LogP contribution in [0.5, 0.6) is 11.5 Å². The molecular formula is C16H20N2O10S. The van der Waals surface area contributed by atoms with Crippen LogP contribution in [0, 0.1) is 13.8 Å². The predicted molar refractivity (Wildman–Crippen MR) is 94.1 cm³/mol. The van der Waals surface area contributed by atoms with E-state index in [1.54, 1.807) is 0 Å². The zero-order chi connectivity index (χ0) is 21.9. The van der Waals surface area contributed by atoms with Crippen LogP contribution in [-0.4, -0.2) is 49.0 Å². The smallest absolute Gasteiger partial charge is 0.405 e. The molecule has 0 radical (unpaired) electrons. The molecule has 2 heterocycles. The van der Waals surface area contributed by atoms with Crippen LogP contribution >= 0.6 is 0 Å². The Hall–Kier alpha value is -2.39. The molecule has 2 aromatic heterocycles. The Balaban J connectivity index is 2.30. The zero-order valence-electron chi connectivity index (χ0n) is 15.3. The number of rotatable bonds is 8. The van der Waals surface area contributed by atoms with Crippen molar-refractivity contribution in [3.05, 3.63) is 46.0 Å². The number of aryl methyl sites for hydroxylation is 2. The van der Waals surface area contributed by atoms with Crippen molar-refractivity contribution >= 4 is 10.4 Å². The van der Waals surface area contributed by atoms with Crippen LogP contribution in [0.3, 0.4) is 0 Å². The minimum Gasteiger partial charge on any atom is -0.506 e. The molecule has 0 saturated heterocycles. The van der Waals surface area contributed by atoms with Gasteiger partial charge in [0.15, 0.2) is 0 Å². The molecule has 2 rings (SSSR count). The lowest BCUT2D eigenvalue weighted by atomic mass is 10.1. The number of hydrogen-bond donors (Lipinski definition) is 6. The fourth-order valence-electron chi connectivity index (χ4n) is 2.45. The highest BCUT2D eigenvalue weighted by Crippen LogP contribution is 2.34. The quantitative estimate of drug-likeness (QED) is 0.291. The molecule has 12 nitrogen and oxygen atoms in total. The van der Waals surface area contributed by atoms with Gasteiger partial charge >= 0.3 is 10.4 Å². The van der Waals surface area contributed by atoms with Gasteiger partial charge in [-0.05, 0) is 13.8 Å². The largest absolute Gasteiger partial charge is 0.506 e. The van der Waals surface area contributed by atoms with E-state index in [1.165, 1.54) is 13.8 Å². The van der Waals surface area contributed by atoms with Crippen LogP contribution in [0.4, 0.5) is 0 Å². The van der Waals surface area contributed by atoms with Crippen LogP contribution < -0.4 is 0 Å². The minimum absolute atomic E-state index is 0.0305. The van der Waals surface area contributed by atoms with E-state index < -0.39 is 58.8 Å².